The van der Waals surface area contributed by atoms with E-state index < -0.39 is 11.6 Å². The van der Waals surface area contributed by atoms with E-state index in [1.165, 1.54) is 0 Å². The van der Waals surface area contributed by atoms with Gasteiger partial charge in [0.05, 0.1) is 19.3 Å². The van der Waals surface area contributed by atoms with E-state index in [9.17, 15) is 10.1 Å². The molecule has 6 nitrogen and oxygen atoms in total. The van der Waals surface area contributed by atoms with Gasteiger partial charge in [-0.2, -0.15) is 5.26 Å². The Labute approximate surface area is 155 Å². The number of carbonyl (C=O) groups excluding carboxylic acids is 1. The Balaban J connectivity index is 1.69. The van der Waals surface area contributed by atoms with Crippen LogP contribution in [0.25, 0.3) is 0 Å². The Morgan fingerprint density at radius 2 is 1.88 bits per heavy atom. The Kier molecular flexibility index (Phi) is 5.55. The van der Waals surface area contributed by atoms with Gasteiger partial charge in [-0.15, -0.1) is 0 Å². The molecule has 1 saturated carbocycles. The zero-order valence-corrected chi connectivity index (χ0v) is 15.6. The maximum absolute atomic E-state index is 12.9. The lowest BCUT2D eigenvalue weighted by Gasteiger charge is -2.40. The fourth-order valence-electron chi connectivity index (χ4n) is 3.73. The van der Waals surface area contributed by atoms with Crippen LogP contribution < -0.4 is 14.8 Å². The van der Waals surface area contributed by atoms with Crippen LogP contribution in [-0.2, 0) is 4.79 Å². The van der Waals surface area contributed by atoms with E-state index in [0.717, 1.165) is 50.0 Å². The minimum Gasteiger partial charge on any atom is -0.490 e. The number of amides is 1. The molecule has 1 aromatic carbocycles. The Hall–Kier alpha value is -2.42. The summed E-state index contributed by atoms with van der Waals surface area (Å²) in [4.78, 5) is 14.6. The van der Waals surface area contributed by atoms with Crippen LogP contribution in [0.5, 0.6) is 11.5 Å². The van der Waals surface area contributed by atoms with E-state index in [4.69, 9.17) is 9.47 Å². The number of nitriles is 1. The van der Waals surface area contributed by atoms with Gasteiger partial charge in [0.15, 0.2) is 11.5 Å². The zero-order valence-electron chi connectivity index (χ0n) is 15.6. The summed E-state index contributed by atoms with van der Waals surface area (Å²) in [5.41, 5.74) is 0.133. The van der Waals surface area contributed by atoms with Crippen molar-refractivity contribution < 1.29 is 14.3 Å². The first kappa shape index (κ1) is 18.4. The Morgan fingerprint density at radius 1 is 1.19 bits per heavy atom. The van der Waals surface area contributed by atoms with Gasteiger partial charge in [0.25, 0.3) is 0 Å². The average molecular weight is 357 g/mol. The molecule has 1 amide bonds. The molecule has 6 heteroatoms. The Bertz CT molecular complexity index is 692. The lowest BCUT2D eigenvalue weighted by Crippen LogP contribution is -2.53. The number of likely N-dealkylation sites (N-methyl/N-ethyl adjacent to an activating group) is 1. The van der Waals surface area contributed by atoms with Crippen LogP contribution in [-0.4, -0.2) is 42.6 Å². The topological polar surface area (TPSA) is 74.6 Å². The summed E-state index contributed by atoms with van der Waals surface area (Å²) >= 11 is 0. The molecule has 0 bridgehead atoms. The maximum Gasteiger partial charge on any atom is 0.245 e. The third-order valence-corrected chi connectivity index (χ3v) is 5.36. The molecule has 0 spiro atoms. The number of ether oxygens (including phenoxy) is 2. The van der Waals surface area contributed by atoms with Gasteiger partial charge in [0.1, 0.15) is 11.6 Å². The predicted molar refractivity (Wildman–Crippen MR) is 99.3 cm³/mol. The van der Waals surface area contributed by atoms with Crippen molar-refractivity contribution in [3.8, 4) is 17.6 Å². The van der Waals surface area contributed by atoms with E-state index in [1.807, 2.05) is 25.1 Å². The zero-order chi connectivity index (χ0) is 18.6. The van der Waals surface area contributed by atoms with Crippen LogP contribution >= 0.6 is 0 Å². The average Bonchev–Trinajstić information content (AvgIpc) is 2.92. The number of fused-ring (bicyclic) bond motifs is 1. The van der Waals surface area contributed by atoms with Crippen molar-refractivity contribution in [1.29, 1.82) is 5.26 Å². The first-order chi connectivity index (χ1) is 12.6. The van der Waals surface area contributed by atoms with Gasteiger partial charge in [-0.3, -0.25) is 4.79 Å². The number of nitrogens with one attached hydrogen (secondary N) is 1. The lowest BCUT2D eigenvalue weighted by molar-refractivity contribution is -0.135. The second-order valence-electron chi connectivity index (χ2n) is 7.18. The summed E-state index contributed by atoms with van der Waals surface area (Å²) in [5.74, 6) is 1.36. The molecule has 1 N–H and O–H groups in total. The minimum absolute atomic E-state index is 0.0689. The van der Waals surface area contributed by atoms with Gasteiger partial charge < -0.3 is 19.7 Å². The quantitative estimate of drug-likeness (QED) is 0.894. The van der Waals surface area contributed by atoms with Gasteiger partial charge in [-0.05, 0) is 31.9 Å². The summed E-state index contributed by atoms with van der Waals surface area (Å²) < 4.78 is 11.3. The van der Waals surface area contributed by atoms with Crippen molar-refractivity contribution >= 4 is 11.6 Å². The van der Waals surface area contributed by atoms with Crippen molar-refractivity contribution in [2.24, 2.45) is 0 Å². The van der Waals surface area contributed by atoms with E-state index >= 15 is 0 Å². The molecule has 0 unspecified atom stereocenters. The Morgan fingerprint density at radius 3 is 2.58 bits per heavy atom. The van der Waals surface area contributed by atoms with Crippen LogP contribution in [0.2, 0.25) is 0 Å². The molecule has 140 valence electrons. The monoisotopic (exact) mass is 357 g/mol. The van der Waals surface area contributed by atoms with Crippen molar-refractivity contribution in [2.45, 2.75) is 57.0 Å². The summed E-state index contributed by atoms with van der Waals surface area (Å²) in [6, 6.07) is 7.59. The highest BCUT2D eigenvalue weighted by molar-refractivity contribution is 5.85. The number of hydrogen-bond donors (Lipinski definition) is 1. The highest BCUT2D eigenvalue weighted by atomic mass is 16.5. The molecule has 1 aromatic rings. The van der Waals surface area contributed by atoms with E-state index in [1.54, 1.807) is 11.9 Å². The fraction of sp³-hybridized carbons (Fsp3) is 0.600. The third-order valence-electron chi connectivity index (χ3n) is 5.36. The molecule has 0 saturated heterocycles. The van der Waals surface area contributed by atoms with Crippen molar-refractivity contribution in [1.82, 2.24) is 4.90 Å². The van der Waals surface area contributed by atoms with Crippen molar-refractivity contribution in [2.75, 3.05) is 25.6 Å². The first-order valence-electron chi connectivity index (χ1n) is 9.41. The van der Waals surface area contributed by atoms with Gasteiger partial charge in [0.2, 0.25) is 5.91 Å². The molecule has 1 aliphatic carbocycles. The van der Waals surface area contributed by atoms with Crippen molar-refractivity contribution in [3.63, 3.8) is 0 Å². The van der Waals surface area contributed by atoms with Crippen molar-refractivity contribution in [3.05, 3.63) is 18.2 Å². The van der Waals surface area contributed by atoms with Crippen LogP contribution in [0.3, 0.4) is 0 Å². The summed E-state index contributed by atoms with van der Waals surface area (Å²) in [5, 5.41) is 12.9. The fourth-order valence-corrected chi connectivity index (χ4v) is 3.73. The normalized spacial score (nSPS) is 19.6. The molecule has 0 radical (unpaired) electrons. The number of nitrogens with zero attached hydrogens (tertiary/aromatic N) is 2. The second-order valence-corrected chi connectivity index (χ2v) is 7.18. The largest absolute Gasteiger partial charge is 0.490 e. The highest BCUT2D eigenvalue weighted by Gasteiger charge is 2.40. The van der Waals surface area contributed by atoms with Crippen LogP contribution in [0.1, 0.15) is 45.4 Å². The number of hydrogen-bond acceptors (Lipinski definition) is 5. The number of carbonyl (C=O) groups is 1. The molecule has 1 atom stereocenters. The summed E-state index contributed by atoms with van der Waals surface area (Å²) in [6.45, 7) is 3.10. The van der Waals surface area contributed by atoms with Crippen LogP contribution in [0, 0.1) is 11.3 Å². The molecule has 3 rings (SSSR count). The van der Waals surface area contributed by atoms with E-state index in [-0.39, 0.29) is 5.91 Å². The molecular formula is C20H27N3O3. The van der Waals surface area contributed by atoms with Gasteiger partial charge in [0, 0.05) is 25.2 Å². The molecule has 1 fully saturated rings. The summed E-state index contributed by atoms with van der Waals surface area (Å²) in [7, 11) is 1.75. The third kappa shape index (κ3) is 3.72. The number of rotatable bonds is 4. The van der Waals surface area contributed by atoms with Gasteiger partial charge >= 0.3 is 0 Å². The molecular weight excluding hydrogens is 330 g/mol. The molecule has 0 aromatic heterocycles. The number of benzene rings is 1. The number of anilines is 1. The molecule has 1 aliphatic heterocycles. The standard InChI is InChI=1S/C20H27N3O3/c1-15(19(24)23(2)20(14-21)9-4-3-5-10-20)22-16-7-8-17-18(13-16)26-12-6-11-25-17/h7-8,13,15,22H,3-6,9-12H2,1-2H3/t15-/m1/s1. The van der Waals surface area contributed by atoms with E-state index in [0.29, 0.717) is 19.0 Å². The maximum atomic E-state index is 12.9. The highest BCUT2D eigenvalue weighted by Crippen LogP contribution is 2.34. The summed E-state index contributed by atoms with van der Waals surface area (Å²) in [6.07, 6.45) is 5.49. The minimum atomic E-state index is -0.671. The molecule has 26 heavy (non-hydrogen) atoms. The van der Waals surface area contributed by atoms with Gasteiger partial charge in [-0.1, -0.05) is 19.3 Å². The van der Waals surface area contributed by atoms with Gasteiger partial charge in [-0.25, -0.2) is 0 Å². The first-order valence-corrected chi connectivity index (χ1v) is 9.41. The van der Waals surface area contributed by atoms with Crippen LogP contribution in [0.4, 0.5) is 5.69 Å². The second kappa shape index (κ2) is 7.86. The smallest absolute Gasteiger partial charge is 0.245 e. The van der Waals surface area contributed by atoms with Crippen LogP contribution in [0.15, 0.2) is 18.2 Å². The molecule has 1 heterocycles. The van der Waals surface area contributed by atoms with E-state index in [2.05, 4.69) is 11.4 Å². The predicted octanol–water partition coefficient (Wildman–Crippen LogP) is 3.33. The lowest BCUT2D eigenvalue weighted by atomic mass is 9.81. The molecule has 2 aliphatic rings. The SMILES string of the molecule is C[C@@H](Nc1ccc2c(c1)OCCCO2)C(=O)N(C)C1(C#N)CCCCC1.